The predicted molar refractivity (Wildman–Crippen MR) is 55.6 cm³/mol. The Labute approximate surface area is 81.2 Å². The molecule has 0 aromatic heterocycles. The van der Waals surface area contributed by atoms with Crippen LogP contribution in [0.15, 0.2) is 11.6 Å². The van der Waals surface area contributed by atoms with E-state index in [9.17, 15) is 4.79 Å². The Balaban J connectivity index is 2.44. The van der Waals surface area contributed by atoms with E-state index in [0.29, 0.717) is 0 Å². The predicted octanol–water partition coefficient (Wildman–Crippen LogP) is 3.35. The molecule has 0 heterocycles. The van der Waals surface area contributed by atoms with Gasteiger partial charge >= 0.3 is 0 Å². The number of rotatable bonds is 4. The van der Waals surface area contributed by atoms with Crippen molar-refractivity contribution in [1.29, 1.82) is 0 Å². The van der Waals surface area contributed by atoms with Crippen LogP contribution in [0.25, 0.3) is 0 Å². The van der Waals surface area contributed by atoms with Crippen molar-refractivity contribution in [3.8, 4) is 0 Å². The second kappa shape index (κ2) is 5.21. The fourth-order valence-electron chi connectivity index (χ4n) is 1.86. The van der Waals surface area contributed by atoms with Gasteiger partial charge in [0.05, 0.1) is 0 Å². The summed E-state index contributed by atoms with van der Waals surface area (Å²) in [4.78, 5) is 10.8. The van der Waals surface area contributed by atoms with E-state index in [1.54, 1.807) is 0 Å². The molecular formula is C12H20O. The Morgan fingerprint density at radius 2 is 2.38 bits per heavy atom. The van der Waals surface area contributed by atoms with Crippen LogP contribution in [0, 0.1) is 11.8 Å². The van der Waals surface area contributed by atoms with Crippen molar-refractivity contribution in [2.75, 3.05) is 0 Å². The largest absolute Gasteiger partial charge is 0.303 e. The molecule has 1 rings (SSSR count). The normalized spacial score (nSPS) is 23.0. The molecule has 1 atom stereocenters. The fraction of sp³-hybridized carbons (Fsp3) is 0.750. The smallest absolute Gasteiger partial charge is 0.127 e. The van der Waals surface area contributed by atoms with Gasteiger partial charge in [0.25, 0.3) is 0 Å². The molecule has 0 bridgehead atoms. The highest BCUT2D eigenvalue weighted by Gasteiger charge is 2.16. The highest BCUT2D eigenvalue weighted by atomic mass is 16.1. The number of carbonyl (C=O) groups excluding carboxylic acids is 1. The molecule has 0 aliphatic heterocycles. The molecule has 0 saturated carbocycles. The quantitative estimate of drug-likeness (QED) is 0.479. The highest BCUT2D eigenvalue weighted by molar-refractivity contribution is 5.59. The number of carbonyl (C=O) groups is 1. The van der Waals surface area contributed by atoms with Crippen LogP contribution in [-0.2, 0) is 4.79 Å². The molecule has 1 heteroatoms. The van der Waals surface area contributed by atoms with Gasteiger partial charge in [0.1, 0.15) is 6.29 Å². The maximum Gasteiger partial charge on any atom is 0.127 e. The average molecular weight is 180 g/mol. The van der Waals surface area contributed by atoms with Crippen molar-refractivity contribution < 1.29 is 4.79 Å². The molecule has 13 heavy (non-hydrogen) atoms. The van der Waals surface area contributed by atoms with Gasteiger partial charge in [0, 0.05) is 5.92 Å². The molecule has 74 valence electrons. The van der Waals surface area contributed by atoms with Gasteiger partial charge in [-0.25, -0.2) is 0 Å². The van der Waals surface area contributed by atoms with Crippen LogP contribution < -0.4 is 0 Å². The zero-order valence-corrected chi connectivity index (χ0v) is 8.75. The molecule has 0 spiro atoms. The lowest BCUT2D eigenvalue weighted by molar-refractivity contribution is -0.110. The first-order chi connectivity index (χ1) is 6.24. The molecule has 0 amide bonds. The van der Waals surface area contributed by atoms with Crippen LogP contribution in [0.2, 0.25) is 0 Å². The average Bonchev–Trinajstić information content (AvgIpc) is 2.15. The van der Waals surface area contributed by atoms with Gasteiger partial charge in [-0.05, 0) is 38.0 Å². The second-order valence-corrected chi connectivity index (χ2v) is 4.39. The van der Waals surface area contributed by atoms with E-state index in [-0.39, 0.29) is 5.92 Å². The van der Waals surface area contributed by atoms with Gasteiger partial charge in [0.15, 0.2) is 0 Å². The molecule has 0 saturated heterocycles. The monoisotopic (exact) mass is 180 g/mol. The van der Waals surface area contributed by atoms with Gasteiger partial charge < -0.3 is 4.79 Å². The Morgan fingerprint density at radius 3 is 3.00 bits per heavy atom. The molecule has 0 N–H and O–H groups in total. The molecular weight excluding hydrogens is 160 g/mol. The summed E-state index contributed by atoms with van der Waals surface area (Å²) in [5.41, 5.74) is 1.40. The first-order valence-electron chi connectivity index (χ1n) is 5.38. The van der Waals surface area contributed by atoms with Gasteiger partial charge in [-0.3, -0.25) is 0 Å². The Morgan fingerprint density at radius 1 is 1.62 bits per heavy atom. The molecule has 0 aromatic carbocycles. The lowest BCUT2D eigenvalue weighted by Gasteiger charge is -2.19. The first kappa shape index (κ1) is 10.5. The van der Waals surface area contributed by atoms with Crippen LogP contribution in [0.3, 0.4) is 0 Å². The van der Waals surface area contributed by atoms with Gasteiger partial charge in [0.2, 0.25) is 0 Å². The van der Waals surface area contributed by atoms with Gasteiger partial charge in [-0.15, -0.1) is 0 Å². The molecule has 1 aliphatic rings. The SMILES string of the molecule is CC(C)CCC1=CCCCC1C=O. The molecule has 0 radical (unpaired) electrons. The second-order valence-electron chi connectivity index (χ2n) is 4.39. The van der Waals surface area contributed by atoms with Crippen molar-refractivity contribution in [3.63, 3.8) is 0 Å². The summed E-state index contributed by atoms with van der Waals surface area (Å²) in [5.74, 6) is 0.989. The summed E-state index contributed by atoms with van der Waals surface area (Å²) in [5, 5.41) is 0. The summed E-state index contributed by atoms with van der Waals surface area (Å²) < 4.78 is 0. The topological polar surface area (TPSA) is 17.1 Å². The number of hydrogen-bond acceptors (Lipinski definition) is 1. The Bertz CT molecular complexity index is 191. The molecule has 1 nitrogen and oxygen atoms in total. The van der Waals surface area contributed by atoms with E-state index < -0.39 is 0 Å². The van der Waals surface area contributed by atoms with Gasteiger partial charge in [-0.1, -0.05) is 25.5 Å². The van der Waals surface area contributed by atoms with Crippen molar-refractivity contribution in [2.45, 2.75) is 46.0 Å². The fourth-order valence-corrected chi connectivity index (χ4v) is 1.86. The number of allylic oxidation sites excluding steroid dienone is 2. The minimum Gasteiger partial charge on any atom is -0.303 e. The minimum atomic E-state index is 0.243. The molecule has 1 aliphatic carbocycles. The van der Waals surface area contributed by atoms with Crippen LogP contribution in [0.4, 0.5) is 0 Å². The molecule has 1 unspecified atom stereocenters. The van der Waals surface area contributed by atoms with E-state index in [4.69, 9.17) is 0 Å². The third-order valence-electron chi connectivity index (χ3n) is 2.78. The first-order valence-corrected chi connectivity index (χ1v) is 5.38. The van der Waals surface area contributed by atoms with Crippen LogP contribution in [0.1, 0.15) is 46.0 Å². The Kier molecular flexibility index (Phi) is 4.20. The summed E-state index contributed by atoms with van der Waals surface area (Å²) in [6.45, 7) is 4.47. The van der Waals surface area contributed by atoms with E-state index in [0.717, 1.165) is 25.0 Å². The Hall–Kier alpha value is -0.590. The van der Waals surface area contributed by atoms with E-state index in [2.05, 4.69) is 19.9 Å². The van der Waals surface area contributed by atoms with Crippen LogP contribution >= 0.6 is 0 Å². The maximum absolute atomic E-state index is 10.8. The summed E-state index contributed by atoms with van der Waals surface area (Å²) in [7, 11) is 0. The third kappa shape index (κ3) is 3.33. The van der Waals surface area contributed by atoms with Crippen molar-refractivity contribution in [3.05, 3.63) is 11.6 Å². The molecule has 0 aromatic rings. The van der Waals surface area contributed by atoms with Crippen LogP contribution in [-0.4, -0.2) is 6.29 Å². The maximum atomic E-state index is 10.8. The zero-order chi connectivity index (χ0) is 9.68. The number of aldehydes is 1. The highest BCUT2D eigenvalue weighted by Crippen LogP contribution is 2.27. The van der Waals surface area contributed by atoms with Gasteiger partial charge in [-0.2, -0.15) is 0 Å². The van der Waals surface area contributed by atoms with Crippen molar-refractivity contribution >= 4 is 6.29 Å². The van der Waals surface area contributed by atoms with E-state index >= 15 is 0 Å². The van der Waals surface area contributed by atoms with E-state index in [1.807, 2.05) is 0 Å². The summed E-state index contributed by atoms with van der Waals surface area (Å²) in [6.07, 6.45) is 9.20. The standard InChI is InChI=1S/C12H20O/c1-10(2)7-8-11-5-3-4-6-12(11)9-13/h5,9-10,12H,3-4,6-8H2,1-2H3. The lowest BCUT2D eigenvalue weighted by atomic mass is 9.85. The zero-order valence-electron chi connectivity index (χ0n) is 8.75. The lowest BCUT2D eigenvalue weighted by Crippen LogP contribution is -2.10. The summed E-state index contributed by atoms with van der Waals surface area (Å²) >= 11 is 0. The van der Waals surface area contributed by atoms with Crippen LogP contribution in [0.5, 0.6) is 0 Å². The van der Waals surface area contributed by atoms with Crippen molar-refractivity contribution in [2.24, 2.45) is 11.8 Å². The van der Waals surface area contributed by atoms with E-state index in [1.165, 1.54) is 24.8 Å². The molecule has 0 fully saturated rings. The summed E-state index contributed by atoms with van der Waals surface area (Å²) in [6, 6.07) is 0. The number of hydrogen-bond donors (Lipinski definition) is 0. The van der Waals surface area contributed by atoms with Crippen molar-refractivity contribution in [1.82, 2.24) is 0 Å². The minimum absolute atomic E-state index is 0.243. The third-order valence-corrected chi connectivity index (χ3v) is 2.78.